The molecule has 0 spiro atoms. The Labute approximate surface area is 126 Å². The summed E-state index contributed by atoms with van der Waals surface area (Å²) in [4.78, 5) is 15.3. The number of hydrogen-bond acceptors (Lipinski definition) is 5. The normalized spacial score (nSPS) is 10.4. The van der Waals surface area contributed by atoms with Crippen LogP contribution >= 0.6 is 0 Å². The van der Waals surface area contributed by atoms with Gasteiger partial charge in [0.2, 0.25) is 5.95 Å². The number of pyridine rings is 1. The van der Waals surface area contributed by atoms with Gasteiger partial charge in [0.05, 0.1) is 0 Å². The first kappa shape index (κ1) is 15.2. The maximum atomic E-state index is 4.67. The van der Waals surface area contributed by atoms with E-state index < -0.39 is 0 Å². The van der Waals surface area contributed by atoms with E-state index in [1.807, 2.05) is 37.6 Å². The zero-order chi connectivity index (χ0) is 15.1. The van der Waals surface area contributed by atoms with Gasteiger partial charge in [-0.05, 0) is 38.0 Å². The van der Waals surface area contributed by atoms with E-state index in [2.05, 4.69) is 39.0 Å². The highest BCUT2D eigenvalue weighted by atomic mass is 15.2. The van der Waals surface area contributed by atoms with Gasteiger partial charge in [-0.15, -0.1) is 0 Å². The molecule has 0 amide bonds. The van der Waals surface area contributed by atoms with Crippen molar-refractivity contribution in [1.82, 2.24) is 15.0 Å². The van der Waals surface area contributed by atoms with Crippen LogP contribution in [0.2, 0.25) is 0 Å². The van der Waals surface area contributed by atoms with Crippen molar-refractivity contribution >= 4 is 11.8 Å². The smallest absolute Gasteiger partial charge is 0.224 e. The Morgan fingerprint density at radius 2 is 1.95 bits per heavy atom. The molecule has 2 rings (SSSR count). The molecule has 2 heterocycles. The van der Waals surface area contributed by atoms with Crippen molar-refractivity contribution in [3.8, 4) is 0 Å². The predicted octanol–water partition coefficient (Wildman–Crippen LogP) is 3.03. The number of nitrogens with one attached hydrogen (secondary N) is 1. The average Bonchev–Trinajstić information content (AvgIpc) is 2.53. The quantitative estimate of drug-likeness (QED) is 0.847. The molecule has 0 aromatic carbocycles. The predicted molar refractivity (Wildman–Crippen MR) is 86.5 cm³/mol. The van der Waals surface area contributed by atoms with Crippen LogP contribution in [0.4, 0.5) is 11.8 Å². The Morgan fingerprint density at radius 1 is 1.19 bits per heavy atom. The molecule has 0 atom stereocenters. The van der Waals surface area contributed by atoms with Crippen molar-refractivity contribution in [2.24, 2.45) is 0 Å². The van der Waals surface area contributed by atoms with Crippen molar-refractivity contribution < 1.29 is 0 Å². The van der Waals surface area contributed by atoms with Crippen molar-refractivity contribution in [1.29, 1.82) is 0 Å². The fourth-order valence-corrected chi connectivity index (χ4v) is 2.12. The second kappa shape index (κ2) is 7.57. The van der Waals surface area contributed by atoms with Gasteiger partial charge in [-0.1, -0.05) is 6.92 Å². The lowest BCUT2D eigenvalue weighted by atomic mass is 10.2. The fourth-order valence-electron chi connectivity index (χ4n) is 2.12. The topological polar surface area (TPSA) is 53.9 Å². The van der Waals surface area contributed by atoms with E-state index in [0.717, 1.165) is 37.4 Å². The number of aromatic nitrogens is 3. The van der Waals surface area contributed by atoms with Crippen LogP contribution in [-0.4, -0.2) is 28.0 Å². The third-order valence-electron chi connectivity index (χ3n) is 3.28. The standard InChI is InChI=1S/C16H23N5/c1-4-8-18-16-19-11-13(3)15(20-16)21(5-2)12-14-6-9-17-10-7-14/h6-7,9-11H,4-5,8,12H2,1-3H3,(H,18,19,20). The second-order valence-corrected chi connectivity index (χ2v) is 5.00. The molecule has 0 aliphatic rings. The Balaban J connectivity index is 2.20. The molecule has 0 saturated carbocycles. The number of rotatable bonds is 7. The molecule has 0 aliphatic carbocycles. The third-order valence-corrected chi connectivity index (χ3v) is 3.28. The van der Waals surface area contributed by atoms with Crippen LogP contribution in [0.3, 0.4) is 0 Å². The van der Waals surface area contributed by atoms with Gasteiger partial charge in [0, 0.05) is 43.8 Å². The van der Waals surface area contributed by atoms with Gasteiger partial charge in [-0.3, -0.25) is 4.98 Å². The maximum Gasteiger partial charge on any atom is 0.224 e. The molecule has 21 heavy (non-hydrogen) atoms. The summed E-state index contributed by atoms with van der Waals surface area (Å²) >= 11 is 0. The second-order valence-electron chi connectivity index (χ2n) is 5.00. The Bertz CT molecular complexity index is 556. The van der Waals surface area contributed by atoms with E-state index in [4.69, 9.17) is 0 Å². The summed E-state index contributed by atoms with van der Waals surface area (Å²) in [6, 6.07) is 4.07. The van der Waals surface area contributed by atoms with Crippen LogP contribution < -0.4 is 10.2 Å². The van der Waals surface area contributed by atoms with Crippen molar-refractivity contribution in [2.45, 2.75) is 33.7 Å². The highest BCUT2D eigenvalue weighted by Crippen LogP contribution is 2.20. The molecule has 1 N–H and O–H groups in total. The van der Waals surface area contributed by atoms with Gasteiger partial charge in [-0.25, -0.2) is 4.98 Å². The first-order valence-corrected chi connectivity index (χ1v) is 7.46. The molecule has 0 saturated heterocycles. The lowest BCUT2D eigenvalue weighted by Gasteiger charge is -2.24. The monoisotopic (exact) mass is 285 g/mol. The van der Waals surface area contributed by atoms with Gasteiger partial charge in [-0.2, -0.15) is 4.98 Å². The summed E-state index contributed by atoms with van der Waals surface area (Å²) in [7, 11) is 0. The van der Waals surface area contributed by atoms with Crippen LogP contribution in [0.5, 0.6) is 0 Å². The summed E-state index contributed by atoms with van der Waals surface area (Å²) < 4.78 is 0. The average molecular weight is 285 g/mol. The van der Waals surface area contributed by atoms with Crippen LogP contribution in [0.25, 0.3) is 0 Å². The minimum Gasteiger partial charge on any atom is -0.354 e. The molecule has 0 aliphatic heterocycles. The van der Waals surface area contributed by atoms with Crippen LogP contribution in [0, 0.1) is 6.92 Å². The zero-order valence-corrected chi connectivity index (χ0v) is 13.0. The Morgan fingerprint density at radius 3 is 2.62 bits per heavy atom. The molecule has 0 fully saturated rings. The molecule has 112 valence electrons. The minimum atomic E-state index is 0.700. The SMILES string of the molecule is CCCNc1ncc(C)c(N(CC)Cc2ccncc2)n1. The van der Waals surface area contributed by atoms with E-state index in [9.17, 15) is 0 Å². The fraction of sp³-hybridized carbons (Fsp3) is 0.438. The van der Waals surface area contributed by atoms with Crippen molar-refractivity contribution in [2.75, 3.05) is 23.3 Å². The largest absolute Gasteiger partial charge is 0.354 e. The van der Waals surface area contributed by atoms with Gasteiger partial charge >= 0.3 is 0 Å². The van der Waals surface area contributed by atoms with Gasteiger partial charge in [0.25, 0.3) is 0 Å². The lowest BCUT2D eigenvalue weighted by Crippen LogP contribution is -2.24. The minimum absolute atomic E-state index is 0.700. The van der Waals surface area contributed by atoms with Gasteiger partial charge in [0.1, 0.15) is 5.82 Å². The third kappa shape index (κ3) is 4.15. The molecule has 2 aromatic rings. The zero-order valence-electron chi connectivity index (χ0n) is 13.0. The Hall–Kier alpha value is -2.17. The van der Waals surface area contributed by atoms with Crippen LogP contribution in [-0.2, 0) is 6.54 Å². The number of hydrogen-bond donors (Lipinski definition) is 1. The molecular weight excluding hydrogens is 262 g/mol. The molecule has 0 radical (unpaired) electrons. The summed E-state index contributed by atoms with van der Waals surface area (Å²) in [5.41, 5.74) is 2.32. The van der Waals surface area contributed by atoms with E-state index in [1.54, 1.807) is 0 Å². The van der Waals surface area contributed by atoms with Crippen LogP contribution in [0.15, 0.2) is 30.7 Å². The van der Waals surface area contributed by atoms with E-state index in [-0.39, 0.29) is 0 Å². The molecule has 5 heteroatoms. The Kier molecular flexibility index (Phi) is 5.49. The van der Waals surface area contributed by atoms with E-state index in [0.29, 0.717) is 5.95 Å². The van der Waals surface area contributed by atoms with Crippen LogP contribution in [0.1, 0.15) is 31.4 Å². The summed E-state index contributed by atoms with van der Waals surface area (Å²) in [5.74, 6) is 1.69. The van der Waals surface area contributed by atoms with Crippen molar-refractivity contribution in [3.05, 3.63) is 41.9 Å². The molecule has 2 aromatic heterocycles. The number of nitrogens with zero attached hydrogens (tertiary/aromatic N) is 4. The van der Waals surface area contributed by atoms with E-state index >= 15 is 0 Å². The highest BCUT2D eigenvalue weighted by molar-refractivity contribution is 5.49. The molecular formula is C16H23N5. The molecule has 0 bridgehead atoms. The van der Waals surface area contributed by atoms with Crippen molar-refractivity contribution in [3.63, 3.8) is 0 Å². The van der Waals surface area contributed by atoms with Gasteiger partial charge < -0.3 is 10.2 Å². The lowest BCUT2D eigenvalue weighted by molar-refractivity contribution is 0.802. The summed E-state index contributed by atoms with van der Waals surface area (Å²) in [5, 5.41) is 3.25. The maximum absolute atomic E-state index is 4.67. The first-order chi connectivity index (χ1) is 10.2. The van der Waals surface area contributed by atoms with E-state index in [1.165, 1.54) is 5.56 Å². The van der Waals surface area contributed by atoms with Gasteiger partial charge in [0.15, 0.2) is 0 Å². The molecule has 5 nitrogen and oxygen atoms in total. The highest BCUT2D eigenvalue weighted by Gasteiger charge is 2.11. The number of aryl methyl sites for hydroxylation is 1. The summed E-state index contributed by atoms with van der Waals surface area (Å²) in [6.45, 7) is 8.93. The molecule has 0 unspecified atom stereocenters. The summed E-state index contributed by atoms with van der Waals surface area (Å²) in [6.07, 6.45) is 6.59. The number of anilines is 2. The first-order valence-electron chi connectivity index (χ1n) is 7.46.